The van der Waals surface area contributed by atoms with Gasteiger partial charge in [0.15, 0.2) is 18.1 Å². The maximum atomic E-state index is 14.0. The van der Waals surface area contributed by atoms with Crippen LogP contribution in [-0.2, 0) is 14.3 Å². The second kappa shape index (κ2) is 12.6. The van der Waals surface area contributed by atoms with Crippen molar-refractivity contribution in [2.24, 2.45) is 0 Å². The maximum absolute atomic E-state index is 14.0. The van der Waals surface area contributed by atoms with Crippen molar-refractivity contribution in [2.75, 3.05) is 57.4 Å². The van der Waals surface area contributed by atoms with E-state index >= 15 is 0 Å². The second-order valence-electron chi connectivity index (χ2n) is 7.69. The fraction of sp³-hybridized carbons (Fsp3) is 0.400. The van der Waals surface area contributed by atoms with Crippen molar-refractivity contribution >= 4 is 23.5 Å². The summed E-state index contributed by atoms with van der Waals surface area (Å²) >= 11 is 0. The normalized spacial score (nSPS) is 13.2. The van der Waals surface area contributed by atoms with Crippen LogP contribution in [0.5, 0.6) is 11.5 Å². The van der Waals surface area contributed by atoms with E-state index in [4.69, 9.17) is 14.2 Å². The van der Waals surface area contributed by atoms with Gasteiger partial charge >= 0.3 is 5.97 Å². The molecule has 0 atom stereocenters. The van der Waals surface area contributed by atoms with E-state index in [1.165, 1.54) is 6.07 Å². The minimum Gasteiger partial charge on any atom is -0.490 e. The summed E-state index contributed by atoms with van der Waals surface area (Å²) in [6, 6.07) is 11.2. The molecule has 2 aromatic rings. The van der Waals surface area contributed by atoms with Crippen molar-refractivity contribution < 1.29 is 33.0 Å². The SMILES string of the molecule is CCOc1ccc(C(=O)NCC(=O)OCC(=O)N2CCN(c3ccccc3F)CC2)cc1OCC. The largest absolute Gasteiger partial charge is 0.490 e. The van der Waals surface area contributed by atoms with Gasteiger partial charge in [-0.05, 0) is 44.2 Å². The standard InChI is InChI=1S/C25H30FN3O6/c1-3-33-21-10-9-18(15-22(21)34-4-2)25(32)27-16-24(31)35-17-23(30)29-13-11-28(12-14-29)20-8-6-5-7-19(20)26/h5-10,15H,3-4,11-14,16-17H2,1-2H3,(H,27,32). The van der Waals surface area contributed by atoms with E-state index in [-0.39, 0.29) is 18.3 Å². The molecule has 1 aliphatic rings. The van der Waals surface area contributed by atoms with Gasteiger partial charge in [0.05, 0.1) is 18.9 Å². The lowest BCUT2D eigenvalue weighted by atomic mass is 10.2. The highest BCUT2D eigenvalue weighted by atomic mass is 19.1. The number of ether oxygens (including phenoxy) is 3. The molecule has 3 rings (SSSR count). The lowest BCUT2D eigenvalue weighted by molar-refractivity contribution is -0.151. The molecule has 0 spiro atoms. The van der Waals surface area contributed by atoms with E-state index in [0.29, 0.717) is 62.1 Å². The molecule has 0 bridgehead atoms. The third-order valence-corrected chi connectivity index (χ3v) is 5.38. The number of halogens is 1. The summed E-state index contributed by atoms with van der Waals surface area (Å²) in [4.78, 5) is 40.3. The van der Waals surface area contributed by atoms with Gasteiger partial charge in [-0.1, -0.05) is 12.1 Å². The number of carbonyl (C=O) groups excluding carboxylic acids is 3. The molecule has 9 nitrogen and oxygen atoms in total. The lowest BCUT2D eigenvalue weighted by Gasteiger charge is -2.36. The van der Waals surface area contributed by atoms with Gasteiger partial charge in [0.2, 0.25) is 0 Å². The van der Waals surface area contributed by atoms with E-state index in [0.717, 1.165) is 0 Å². The van der Waals surface area contributed by atoms with E-state index in [1.54, 1.807) is 41.3 Å². The molecular weight excluding hydrogens is 457 g/mol. The molecule has 2 amide bonds. The summed E-state index contributed by atoms with van der Waals surface area (Å²) in [7, 11) is 0. The molecule has 0 radical (unpaired) electrons. The molecule has 35 heavy (non-hydrogen) atoms. The van der Waals surface area contributed by atoms with Crippen LogP contribution in [0.25, 0.3) is 0 Å². The number of hydrogen-bond acceptors (Lipinski definition) is 7. The van der Waals surface area contributed by atoms with Crippen molar-refractivity contribution in [2.45, 2.75) is 13.8 Å². The monoisotopic (exact) mass is 487 g/mol. The summed E-state index contributed by atoms with van der Waals surface area (Å²) < 4.78 is 30.0. The van der Waals surface area contributed by atoms with Crippen LogP contribution in [0, 0.1) is 5.82 Å². The number of esters is 1. The third-order valence-electron chi connectivity index (χ3n) is 5.38. The number of carbonyl (C=O) groups is 3. The Bertz CT molecular complexity index is 1040. The van der Waals surface area contributed by atoms with E-state index in [9.17, 15) is 18.8 Å². The molecule has 1 fully saturated rings. The van der Waals surface area contributed by atoms with Crippen LogP contribution < -0.4 is 19.7 Å². The molecular formula is C25H30FN3O6. The number of nitrogens with zero attached hydrogens (tertiary/aromatic N) is 2. The first kappa shape index (κ1) is 25.8. The van der Waals surface area contributed by atoms with Crippen LogP contribution in [0.2, 0.25) is 0 Å². The van der Waals surface area contributed by atoms with Crippen LogP contribution in [0.4, 0.5) is 10.1 Å². The van der Waals surface area contributed by atoms with Crippen LogP contribution in [0.15, 0.2) is 42.5 Å². The Kier molecular flexibility index (Phi) is 9.28. The number of para-hydroxylation sites is 1. The number of hydrogen-bond donors (Lipinski definition) is 1. The first-order valence-corrected chi connectivity index (χ1v) is 11.5. The molecule has 1 N–H and O–H groups in total. The first-order chi connectivity index (χ1) is 16.9. The van der Waals surface area contributed by atoms with Crippen LogP contribution in [0.1, 0.15) is 24.2 Å². The second-order valence-corrected chi connectivity index (χ2v) is 7.69. The van der Waals surface area contributed by atoms with Crippen LogP contribution >= 0.6 is 0 Å². The molecule has 10 heteroatoms. The Hall–Kier alpha value is -3.82. The van der Waals surface area contributed by atoms with E-state index < -0.39 is 18.5 Å². The summed E-state index contributed by atoms with van der Waals surface area (Å²) in [6.07, 6.45) is 0. The van der Waals surface area contributed by atoms with E-state index in [2.05, 4.69) is 5.32 Å². The fourth-order valence-corrected chi connectivity index (χ4v) is 3.64. The molecule has 1 aliphatic heterocycles. The predicted octanol–water partition coefficient (Wildman–Crippen LogP) is 2.24. The molecule has 2 aromatic carbocycles. The van der Waals surface area contributed by atoms with Crippen molar-refractivity contribution in [3.05, 3.63) is 53.8 Å². The topological polar surface area (TPSA) is 97.4 Å². The molecule has 1 saturated heterocycles. The first-order valence-electron chi connectivity index (χ1n) is 11.5. The highest BCUT2D eigenvalue weighted by molar-refractivity contribution is 5.96. The Morgan fingerprint density at radius 2 is 1.63 bits per heavy atom. The number of rotatable bonds is 10. The lowest BCUT2D eigenvalue weighted by Crippen LogP contribution is -2.50. The van der Waals surface area contributed by atoms with Gasteiger partial charge in [-0.2, -0.15) is 0 Å². The van der Waals surface area contributed by atoms with Crippen molar-refractivity contribution in [3.8, 4) is 11.5 Å². The zero-order chi connectivity index (χ0) is 25.2. The molecule has 0 saturated carbocycles. The van der Waals surface area contributed by atoms with Gasteiger partial charge < -0.3 is 29.3 Å². The number of anilines is 1. The molecule has 0 unspecified atom stereocenters. The smallest absolute Gasteiger partial charge is 0.325 e. The van der Waals surface area contributed by atoms with Gasteiger partial charge in [0.1, 0.15) is 12.4 Å². The summed E-state index contributed by atoms with van der Waals surface area (Å²) in [5, 5.41) is 2.48. The quantitative estimate of drug-likeness (QED) is 0.514. The highest BCUT2D eigenvalue weighted by Gasteiger charge is 2.23. The van der Waals surface area contributed by atoms with E-state index in [1.807, 2.05) is 18.7 Å². The molecule has 0 aromatic heterocycles. The fourth-order valence-electron chi connectivity index (χ4n) is 3.64. The zero-order valence-electron chi connectivity index (χ0n) is 19.9. The Morgan fingerprint density at radius 3 is 2.31 bits per heavy atom. The number of nitrogens with one attached hydrogen (secondary N) is 1. The Labute approximate surface area is 203 Å². The van der Waals surface area contributed by atoms with Gasteiger partial charge in [0.25, 0.3) is 11.8 Å². The highest BCUT2D eigenvalue weighted by Crippen LogP contribution is 2.28. The van der Waals surface area contributed by atoms with Crippen molar-refractivity contribution in [1.82, 2.24) is 10.2 Å². The predicted molar refractivity (Wildman–Crippen MR) is 127 cm³/mol. The Balaban J connectivity index is 1.42. The average Bonchev–Trinajstić information content (AvgIpc) is 2.87. The minimum atomic E-state index is -0.729. The number of piperazine rings is 1. The minimum absolute atomic E-state index is 0.300. The number of amides is 2. The Morgan fingerprint density at radius 1 is 0.943 bits per heavy atom. The summed E-state index contributed by atoms with van der Waals surface area (Å²) in [5.74, 6) is -0.897. The van der Waals surface area contributed by atoms with Gasteiger partial charge in [-0.25, -0.2) is 4.39 Å². The van der Waals surface area contributed by atoms with Crippen LogP contribution in [0.3, 0.4) is 0 Å². The summed E-state index contributed by atoms with van der Waals surface area (Å²) in [5.41, 5.74) is 0.802. The van der Waals surface area contributed by atoms with Crippen molar-refractivity contribution in [1.29, 1.82) is 0 Å². The zero-order valence-corrected chi connectivity index (χ0v) is 19.9. The maximum Gasteiger partial charge on any atom is 0.325 e. The molecule has 1 heterocycles. The third kappa shape index (κ3) is 7.08. The molecule has 0 aliphatic carbocycles. The van der Waals surface area contributed by atoms with Crippen molar-refractivity contribution in [3.63, 3.8) is 0 Å². The van der Waals surface area contributed by atoms with Gasteiger partial charge in [-0.15, -0.1) is 0 Å². The summed E-state index contributed by atoms with van der Waals surface area (Å²) in [6.45, 7) is 5.45. The van der Waals surface area contributed by atoms with Crippen LogP contribution in [-0.4, -0.2) is 75.2 Å². The molecule has 188 valence electrons. The van der Waals surface area contributed by atoms with Gasteiger partial charge in [-0.3, -0.25) is 14.4 Å². The average molecular weight is 488 g/mol. The van der Waals surface area contributed by atoms with Gasteiger partial charge in [0, 0.05) is 31.7 Å². The number of benzene rings is 2.